The summed E-state index contributed by atoms with van der Waals surface area (Å²) in [6.45, 7) is 1.49. The molecule has 0 aliphatic carbocycles. The van der Waals surface area contributed by atoms with Gasteiger partial charge in [-0.2, -0.15) is 5.26 Å². The van der Waals surface area contributed by atoms with Crippen LogP contribution < -0.4 is 10.6 Å². The summed E-state index contributed by atoms with van der Waals surface area (Å²) in [5.41, 5.74) is 0. The first-order valence-electron chi connectivity index (χ1n) is 3.68. The number of nitrogens with zero attached hydrogens (tertiary/aromatic N) is 2. The smallest absolute Gasteiger partial charge is 0.248 e. The molecule has 2 amide bonds. The fourth-order valence-corrected chi connectivity index (χ4v) is 0.716. The van der Waals surface area contributed by atoms with Gasteiger partial charge in [0.15, 0.2) is 0 Å². The van der Waals surface area contributed by atoms with Crippen LogP contribution in [-0.2, 0) is 9.59 Å². The number of hydrogen-bond donors (Lipinski definition) is 2. The van der Waals surface area contributed by atoms with Crippen molar-refractivity contribution in [3.8, 4) is 6.07 Å². The maximum Gasteiger partial charge on any atom is 0.248 e. The number of rotatable bonds is 1. The van der Waals surface area contributed by atoms with Gasteiger partial charge in [-0.05, 0) is 6.92 Å². The van der Waals surface area contributed by atoms with E-state index in [4.69, 9.17) is 5.26 Å². The highest BCUT2D eigenvalue weighted by Crippen LogP contribution is 1.92. The Hall–Kier alpha value is -1.90. The number of carbonyl (C=O) groups excluding carboxylic acids is 2. The van der Waals surface area contributed by atoms with Gasteiger partial charge < -0.3 is 0 Å². The van der Waals surface area contributed by atoms with Crippen molar-refractivity contribution in [1.29, 1.82) is 5.26 Å². The molecule has 0 bridgehead atoms. The normalized spacial score (nSPS) is 16.9. The number of nitriles is 1. The van der Waals surface area contributed by atoms with E-state index in [1.165, 1.54) is 6.92 Å². The fraction of sp³-hybridized carbons (Fsp3) is 0.429. The summed E-state index contributed by atoms with van der Waals surface area (Å²) < 4.78 is 0. The third-order valence-corrected chi connectivity index (χ3v) is 1.47. The van der Waals surface area contributed by atoms with E-state index >= 15 is 0 Å². The summed E-state index contributed by atoms with van der Waals surface area (Å²) in [6.07, 6.45) is 0. The molecule has 0 aromatic heterocycles. The minimum absolute atomic E-state index is 0.0244. The molecule has 0 fully saturated rings. The predicted octanol–water partition coefficient (Wildman–Crippen LogP) is -1.25. The standard InChI is InChI=1S/C7H8N4O2/c1-4(2-8)6(13)11-7-9-3-5(12)10-7/h4H,3H2,1H3,(H2,9,10,11,12,13). The number of hydrogen-bond acceptors (Lipinski definition) is 4. The van der Waals surface area contributed by atoms with E-state index in [9.17, 15) is 9.59 Å². The SMILES string of the molecule is CC(C#N)C(=O)NC1=NCC(=O)N1. The predicted molar refractivity (Wildman–Crippen MR) is 43.4 cm³/mol. The van der Waals surface area contributed by atoms with Gasteiger partial charge in [0.05, 0.1) is 6.07 Å². The molecular formula is C7H8N4O2. The summed E-state index contributed by atoms with van der Waals surface area (Å²) in [5, 5.41) is 13.0. The molecule has 2 N–H and O–H groups in total. The second kappa shape index (κ2) is 3.67. The molecule has 0 radical (unpaired) electrons. The highest BCUT2D eigenvalue weighted by atomic mass is 16.2. The zero-order valence-electron chi connectivity index (χ0n) is 7.00. The van der Waals surface area contributed by atoms with Gasteiger partial charge in [-0.3, -0.25) is 20.2 Å². The third-order valence-electron chi connectivity index (χ3n) is 1.47. The van der Waals surface area contributed by atoms with Gasteiger partial charge in [-0.1, -0.05) is 0 Å². The molecule has 1 atom stereocenters. The largest absolute Gasteiger partial charge is 0.295 e. The second-order valence-electron chi connectivity index (χ2n) is 2.55. The average molecular weight is 180 g/mol. The fourth-order valence-electron chi connectivity index (χ4n) is 0.716. The van der Waals surface area contributed by atoms with Crippen molar-refractivity contribution >= 4 is 17.8 Å². The average Bonchev–Trinajstić information content (AvgIpc) is 2.49. The van der Waals surface area contributed by atoms with E-state index < -0.39 is 11.8 Å². The van der Waals surface area contributed by atoms with Crippen molar-refractivity contribution in [1.82, 2.24) is 10.6 Å². The lowest BCUT2D eigenvalue weighted by atomic mass is 10.2. The Morgan fingerprint density at radius 2 is 2.54 bits per heavy atom. The molecule has 1 unspecified atom stereocenters. The van der Waals surface area contributed by atoms with Gasteiger partial charge >= 0.3 is 0 Å². The van der Waals surface area contributed by atoms with Crippen LogP contribution in [0.3, 0.4) is 0 Å². The molecule has 0 saturated heterocycles. The van der Waals surface area contributed by atoms with E-state index in [2.05, 4.69) is 15.6 Å². The van der Waals surface area contributed by atoms with Gasteiger partial charge in [0.2, 0.25) is 17.8 Å². The minimum Gasteiger partial charge on any atom is -0.295 e. The molecule has 1 heterocycles. The van der Waals surface area contributed by atoms with Crippen LogP contribution in [-0.4, -0.2) is 24.3 Å². The van der Waals surface area contributed by atoms with Crippen molar-refractivity contribution in [3.63, 3.8) is 0 Å². The minimum atomic E-state index is -0.750. The van der Waals surface area contributed by atoms with Crippen molar-refractivity contribution in [2.45, 2.75) is 6.92 Å². The van der Waals surface area contributed by atoms with Gasteiger partial charge in [-0.15, -0.1) is 0 Å². The number of guanidine groups is 1. The van der Waals surface area contributed by atoms with Crippen LogP contribution in [0.2, 0.25) is 0 Å². The molecule has 13 heavy (non-hydrogen) atoms. The Kier molecular flexibility index (Phi) is 2.59. The zero-order chi connectivity index (χ0) is 9.84. The molecule has 0 spiro atoms. The van der Waals surface area contributed by atoms with Gasteiger partial charge in [-0.25, -0.2) is 4.99 Å². The highest BCUT2D eigenvalue weighted by molar-refractivity contribution is 6.09. The first-order valence-corrected chi connectivity index (χ1v) is 3.68. The molecule has 0 aromatic carbocycles. The lowest BCUT2D eigenvalue weighted by Gasteiger charge is -2.04. The Labute approximate surface area is 74.6 Å². The lowest BCUT2D eigenvalue weighted by molar-refractivity contribution is -0.121. The Bertz CT molecular complexity index is 315. The van der Waals surface area contributed by atoms with Crippen molar-refractivity contribution in [2.24, 2.45) is 10.9 Å². The number of aliphatic imine (C=N–C) groups is 1. The quantitative estimate of drug-likeness (QED) is 0.527. The summed E-state index contributed by atoms with van der Waals surface area (Å²) in [6, 6.07) is 1.77. The van der Waals surface area contributed by atoms with Crippen LogP contribution in [0.5, 0.6) is 0 Å². The second-order valence-corrected chi connectivity index (χ2v) is 2.55. The lowest BCUT2D eigenvalue weighted by Crippen LogP contribution is -2.42. The van der Waals surface area contributed by atoms with Gasteiger partial charge in [0, 0.05) is 0 Å². The van der Waals surface area contributed by atoms with E-state index in [0.29, 0.717) is 0 Å². The number of amides is 2. The number of carbonyl (C=O) groups is 2. The van der Waals surface area contributed by atoms with Gasteiger partial charge in [0.1, 0.15) is 12.5 Å². The first-order chi connectivity index (χ1) is 6.13. The van der Waals surface area contributed by atoms with E-state index in [1.807, 2.05) is 0 Å². The molecule has 68 valence electrons. The molecule has 6 heteroatoms. The van der Waals surface area contributed by atoms with Gasteiger partial charge in [0.25, 0.3) is 0 Å². The maximum absolute atomic E-state index is 11.1. The van der Waals surface area contributed by atoms with E-state index in [1.54, 1.807) is 6.07 Å². The summed E-state index contributed by atoms with van der Waals surface area (Å²) in [4.78, 5) is 25.4. The van der Waals surface area contributed by atoms with Crippen LogP contribution in [0.1, 0.15) is 6.92 Å². The molecule has 1 aliphatic rings. The van der Waals surface area contributed by atoms with Crippen molar-refractivity contribution < 1.29 is 9.59 Å². The van der Waals surface area contributed by atoms with Crippen molar-refractivity contribution in [2.75, 3.05) is 6.54 Å². The molecule has 6 nitrogen and oxygen atoms in total. The highest BCUT2D eigenvalue weighted by Gasteiger charge is 2.18. The van der Waals surface area contributed by atoms with Crippen LogP contribution in [0.4, 0.5) is 0 Å². The van der Waals surface area contributed by atoms with Crippen LogP contribution in [0.15, 0.2) is 4.99 Å². The van der Waals surface area contributed by atoms with Crippen LogP contribution in [0, 0.1) is 17.2 Å². The van der Waals surface area contributed by atoms with Crippen LogP contribution in [0.25, 0.3) is 0 Å². The Morgan fingerprint density at radius 1 is 1.85 bits per heavy atom. The molecular weight excluding hydrogens is 172 g/mol. The third kappa shape index (κ3) is 2.27. The Morgan fingerprint density at radius 3 is 3.00 bits per heavy atom. The summed E-state index contributed by atoms with van der Waals surface area (Å²) in [7, 11) is 0. The number of nitrogens with one attached hydrogen (secondary N) is 2. The molecule has 0 saturated carbocycles. The van der Waals surface area contributed by atoms with E-state index in [-0.39, 0.29) is 18.4 Å². The van der Waals surface area contributed by atoms with Crippen LogP contribution >= 0.6 is 0 Å². The molecule has 0 aromatic rings. The monoisotopic (exact) mass is 180 g/mol. The summed E-state index contributed by atoms with van der Waals surface area (Å²) in [5.74, 6) is -1.36. The topological polar surface area (TPSA) is 94.3 Å². The molecule has 1 rings (SSSR count). The first kappa shape index (κ1) is 9.19. The zero-order valence-corrected chi connectivity index (χ0v) is 7.00. The van der Waals surface area contributed by atoms with E-state index in [0.717, 1.165) is 0 Å². The Balaban J connectivity index is 2.47. The maximum atomic E-state index is 11.1. The van der Waals surface area contributed by atoms with Crippen molar-refractivity contribution in [3.05, 3.63) is 0 Å². The summed E-state index contributed by atoms with van der Waals surface area (Å²) >= 11 is 0. The molecule has 1 aliphatic heterocycles.